The van der Waals surface area contributed by atoms with E-state index >= 15 is 0 Å². The van der Waals surface area contributed by atoms with Crippen LogP contribution in [0.15, 0.2) is 28.7 Å². The standard InChI is InChI=1S/C18H26BrN3O3S/c1-3-21(4-2)26(24,25)22-12-10-20(11-13-22)17(23)18(8-9-18)15-6-5-7-16(19)14-15/h5-7,14H,3-4,8-13H2,1-2H3. The summed E-state index contributed by atoms with van der Waals surface area (Å²) in [5.74, 6) is 0.135. The van der Waals surface area contributed by atoms with E-state index in [1.165, 1.54) is 8.61 Å². The van der Waals surface area contributed by atoms with Gasteiger partial charge in [-0.3, -0.25) is 4.79 Å². The van der Waals surface area contributed by atoms with Crippen molar-refractivity contribution in [2.75, 3.05) is 39.3 Å². The molecule has 1 saturated heterocycles. The molecule has 3 rings (SSSR count). The minimum Gasteiger partial charge on any atom is -0.339 e. The van der Waals surface area contributed by atoms with Crippen LogP contribution in [0.2, 0.25) is 0 Å². The van der Waals surface area contributed by atoms with Crippen LogP contribution in [-0.4, -0.2) is 67.1 Å². The minimum atomic E-state index is -3.43. The van der Waals surface area contributed by atoms with Gasteiger partial charge in [0.25, 0.3) is 10.2 Å². The number of hydrogen-bond donors (Lipinski definition) is 0. The first-order valence-corrected chi connectivity index (χ1v) is 11.3. The van der Waals surface area contributed by atoms with E-state index < -0.39 is 15.6 Å². The number of hydrogen-bond acceptors (Lipinski definition) is 3. The van der Waals surface area contributed by atoms with E-state index in [0.717, 1.165) is 22.9 Å². The molecule has 0 N–H and O–H groups in total. The third kappa shape index (κ3) is 3.56. The summed E-state index contributed by atoms with van der Waals surface area (Å²) in [6.07, 6.45) is 1.72. The molecule has 1 heterocycles. The third-order valence-electron chi connectivity index (χ3n) is 5.42. The zero-order chi connectivity index (χ0) is 18.9. The van der Waals surface area contributed by atoms with Gasteiger partial charge in [-0.15, -0.1) is 0 Å². The van der Waals surface area contributed by atoms with Crippen molar-refractivity contribution in [2.45, 2.75) is 32.1 Å². The average Bonchev–Trinajstić information content (AvgIpc) is 3.44. The lowest BCUT2D eigenvalue weighted by Gasteiger charge is -2.37. The smallest absolute Gasteiger partial charge is 0.282 e. The second-order valence-corrected chi connectivity index (χ2v) is 9.72. The number of halogens is 1. The zero-order valence-corrected chi connectivity index (χ0v) is 17.7. The van der Waals surface area contributed by atoms with Gasteiger partial charge in [0.2, 0.25) is 5.91 Å². The molecule has 8 heteroatoms. The Kier molecular flexibility index (Phi) is 5.77. The first kappa shape index (κ1) is 19.8. The number of piperazine rings is 1. The second-order valence-electron chi connectivity index (χ2n) is 6.88. The van der Waals surface area contributed by atoms with Crippen LogP contribution in [-0.2, 0) is 20.4 Å². The van der Waals surface area contributed by atoms with E-state index in [1.807, 2.05) is 43.0 Å². The quantitative estimate of drug-likeness (QED) is 0.676. The van der Waals surface area contributed by atoms with Crippen LogP contribution in [0.25, 0.3) is 0 Å². The van der Waals surface area contributed by atoms with Crippen LogP contribution < -0.4 is 0 Å². The van der Waals surface area contributed by atoms with Gasteiger partial charge in [0.05, 0.1) is 5.41 Å². The molecule has 1 aromatic rings. The Morgan fingerprint density at radius 2 is 1.77 bits per heavy atom. The molecule has 0 spiro atoms. The van der Waals surface area contributed by atoms with Gasteiger partial charge < -0.3 is 4.90 Å². The van der Waals surface area contributed by atoms with Crippen molar-refractivity contribution in [2.24, 2.45) is 0 Å². The number of nitrogens with zero attached hydrogens (tertiary/aromatic N) is 3. The summed E-state index contributed by atoms with van der Waals surface area (Å²) in [4.78, 5) is 15.0. The number of carbonyl (C=O) groups excluding carboxylic acids is 1. The van der Waals surface area contributed by atoms with Crippen LogP contribution >= 0.6 is 15.9 Å². The molecule has 26 heavy (non-hydrogen) atoms. The van der Waals surface area contributed by atoms with Crippen molar-refractivity contribution >= 4 is 32.0 Å². The molecule has 1 saturated carbocycles. The molecule has 0 radical (unpaired) electrons. The first-order chi connectivity index (χ1) is 12.3. The zero-order valence-electron chi connectivity index (χ0n) is 15.3. The fraction of sp³-hybridized carbons (Fsp3) is 0.611. The van der Waals surface area contributed by atoms with E-state index in [-0.39, 0.29) is 5.91 Å². The summed E-state index contributed by atoms with van der Waals surface area (Å²) in [6, 6.07) is 7.95. The van der Waals surface area contributed by atoms with E-state index in [2.05, 4.69) is 15.9 Å². The highest BCUT2D eigenvalue weighted by molar-refractivity contribution is 9.10. The van der Waals surface area contributed by atoms with Gasteiger partial charge in [-0.25, -0.2) is 0 Å². The highest BCUT2D eigenvalue weighted by atomic mass is 79.9. The maximum atomic E-state index is 13.1. The maximum Gasteiger partial charge on any atom is 0.282 e. The normalized spacial score (nSPS) is 20.4. The number of rotatable bonds is 6. The predicted molar refractivity (Wildman–Crippen MR) is 105 cm³/mol. The molecule has 1 amide bonds. The van der Waals surface area contributed by atoms with E-state index in [0.29, 0.717) is 39.3 Å². The van der Waals surface area contributed by atoms with Gasteiger partial charge in [0.1, 0.15) is 0 Å². The summed E-state index contributed by atoms with van der Waals surface area (Å²) in [7, 11) is -3.43. The fourth-order valence-corrected chi connectivity index (χ4v) is 5.68. The van der Waals surface area contributed by atoms with Crippen LogP contribution in [0.1, 0.15) is 32.3 Å². The molecule has 0 atom stereocenters. The topological polar surface area (TPSA) is 60.9 Å². The minimum absolute atomic E-state index is 0.135. The number of amides is 1. The molecule has 1 aromatic carbocycles. The highest BCUT2D eigenvalue weighted by Gasteiger charge is 2.53. The lowest BCUT2D eigenvalue weighted by Crippen LogP contribution is -2.55. The van der Waals surface area contributed by atoms with Crippen molar-refractivity contribution in [3.63, 3.8) is 0 Å². The molecule has 1 aliphatic heterocycles. The fourth-order valence-electron chi connectivity index (χ4n) is 3.67. The van der Waals surface area contributed by atoms with Gasteiger partial charge in [-0.1, -0.05) is 41.9 Å². The van der Waals surface area contributed by atoms with Crippen LogP contribution in [0.3, 0.4) is 0 Å². The van der Waals surface area contributed by atoms with Crippen LogP contribution in [0, 0.1) is 0 Å². The lowest BCUT2D eigenvalue weighted by atomic mass is 9.94. The number of carbonyl (C=O) groups is 1. The maximum absolute atomic E-state index is 13.1. The predicted octanol–water partition coefficient (Wildman–Crippen LogP) is 2.21. The molecule has 2 aliphatic rings. The molecule has 1 aliphatic carbocycles. The van der Waals surface area contributed by atoms with Gasteiger partial charge in [0, 0.05) is 43.7 Å². The molecule has 6 nitrogen and oxygen atoms in total. The van der Waals surface area contributed by atoms with Crippen molar-refractivity contribution in [3.05, 3.63) is 34.3 Å². The summed E-state index contributed by atoms with van der Waals surface area (Å²) in [5.41, 5.74) is 0.638. The Balaban J connectivity index is 1.68. The Labute approximate surface area is 164 Å². The van der Waals surface area contributed by atoms with Gasteiger partial charge in [-0.05, 0) is 30.5 Å². The van der Waals surface area contributed by atoms with Crippen molar-refractivity contribution in [1.82, 2.24) is 13.5 Å². The molecule has 144 valence electrons. The van der Waals surface area contributed by atoms with Crippen molar-refractivity contribution in [3.8, 4) is 0 Å². The summed E-state index contributed by atoms with van der Waals surface area (Å²) in [6.45, 7) is 6.24. The Hall–Kier alpha value is -0.960. The Bertz CT molecular complexity index is 768. The molecular formula is C18H26BrN3O3S. The van der Waals surface area contributed by atoms with Crippen LogP contribution in [0.5, 0.6) is 0 Å². The molecule has 0 unspecified atom stereocenters. The van der Waals surface area contributed by atoms with Crippen molar-refractivity contribution < 1.29 is 13.2 Å². The lowest BCUT2D eigenvalue weighted by molar-refractivity contribution is -0.135. The second kappa shape index (κ2) is 7.58. The third-order valence-corrected chi connectivity index (χ3v) is 8.10. The van der Waals surface area contributed by atoms with Crippen molar-refractivity contribution in [1.29, 1.82) is 0 Å². The first-order valence-electron chi connectivity index (χ1n) is 9.16. The molecule has 0 bridgehead atoms. The summed E-state index contributed by atoms with van der Waals surface area (Å²) < 4.78 is 29.2. The van der Waals surface area contributed by atoms with Crippen LogP contribution in [0.4, 0.5) is 0 Å². The van der Waals surface area contributed by atoms with E-state index in [1.54, 1.807) is 0 Å². The Morgan fingerprint density at radius 3 is 2.27 bits per heavy atom. The number of benzene rings is 1. The van der Waals surface area contributed by atoms with E-state index in [9.17, 15) is 13.2 Å². The van der Waals surface area contributed by atoms with Gasteiger partial charge >= 0.3 is 0 Å². The van der Waals surface area contributed by atoms with E-state index in [4.69, 9.17) is 0 Å². The Morgan fingerprint density at radius 1 is 1.15 bits per heavy atom. The summed E-state index contributed by atoms with van der Waals surface area (Å²) >= 11 is 3.48. The van der Waals surface area contributed by atoms with Gasteiger partial charge in [0.15, 0.2) is 0 Å². The SMILES string of the molecule is CCN(CC)S(=O)(=O)N1CCN(C(=O)C2(c3cccc(Br)c3)CC2)CC1. The van der Waals surface area contributed by atoms with Gasteiger partial charge in [-0.2, -0.15) is 17.0 Å². The largest absolute Gasteiger partial charge is 0.339 e. The highest BCUT2D eigenvalue weighted by Crippen LogP contribution is 2.50. The molecule has 0 aromatic heterocycles. The molecular weight excluding hydrogens is 418 g/mol. The monoisotopic (exact) mass is 443 g/mol. The average molecular weight is 444 g/mol. The molecule has 2 fully saturated rings. The summed E-state index contributed by atoms with van der Waals surface area (Å²) in [5, 5.41) is 0.